The van der Waals surface area contributed by atoms with Crippen LogP contribution in [0.15, 0.2) is 68.7 Å². The summed E-state index contributed by atoms with van der Waals surface area (Å²) in [7, 11) is 0. The van der Waals surface area contributed by atoms with Gasteiger partial charge in [0, 0.05) is 17.7 Å². The van der Waals surface area contributed by atoms with Crippen LogP contribution in [0.4, 0.5) is 5.69 Å². The highest BCUT2D eigenvalue weighted by Crippen LogP contribution is 2.34. The van der Waals surface area contributed by atoms with Gasteiger partial charge < -0.3 is 8.83 Å². The van der Waals surface area contributed by atoms with E-state index in [0.717, 1.165) is 5.56 Å². The summed E-state index contributed by atoms with van der Waals surface area (Å²) in [6.07, 6.45) is 0.563. The quantitative estimate of drug-likeness (QED) is 0.247. The second-order valence-corrected chi connectivity index (χ2v) is 7.43. The number of rotatable bonds is 7. The molecular weight excluding hydrogens is 394 g/mol. The van der Waals surface area contributed by atoms with E-state index < -0.39 is 4.92 Å². The molecule has 0 saturated heterocycles. The van der Waals surface area contributed by atoms with Crippen molar-refractivity contribution in [2.24, 2.45) is 0 Å². The lowest BCUT2D eigenvalue weighted by Gasteiger charge is -2.01. The average molecular weight is 409 g/mol. The van der Waals surface area contributed by atoms with Gasteiger partial charge in [0.15, 0.2) is 0 Å². The molecule has 0 aliphatic rings. The van der Waals surface area contributed by atoms with E-state index in [0.29, 0.717) is 29.0 Å². The van der Waals surface area contributed by atoms with Gasteiger partial charge in [-0.3, -0.25) is 10.1 Å². The van der Waals surface area contributed by atoms with Gasteiger partial charge in [-0.25, -0.2) is 0 Å². The highest BCUT2D eigenvalue weighted by molar-refractivity contribution is 7.99. The molecule has 29 heavy (non-hydrogen) atoms. The molecule has 0 bridgehead atoms. The van der Waals surface area contributed by atoms with Crippen LogP contribution in [0.5, 0.6) is 0 Å². The Labute approximate surface area is 169 Å². The summed E-state index contributed by atoms with van der Waals surface area (Å²) >= 11 is 1.32. The van der Waals surface area contributed by atoms with Gasteiger partial charge in [-0.05, 0) is 24.6 Å². The molecule has 0 aliphatic carbocycles. The lowest BCUT2D eigenvalue weighted by molar-refractivity contribution is -0.384. The van der Waals surface area contributed by atoms with Crippen molar-refractivity contribution in [1.82, 2.24) is 20.4 Å². The molecule has 2 aromatic heterocycles. The van der Waals surface area contributed by atoms with E-state index in [-0.39, 0.29) is 16.8 Å². The standard InChI is InChI=1S/C19H15N5O4S/c1-12(29-19-23-20-16(27-19)11-13-5-3-2-4-6-13)17-21-22-18(28-17)14-7-9-15(10-8-14)24(25)26/h2-10,12H,11H2,1H3/t12-/m1/s1. The summed E-state index contributed by atoms with van der Waals surface area (Å²) < 4.78 is 11.4. The van der Waals surface area contributed by atoms with Crippen molar-refractivity contribution in [2.75, 3.05) is 0 Å². The molecule has 2 heterocycles. The van der Waals surface area contributed by atoms with Crippen LogP contribution in [0.2, 0.25) is 0 Å². The van der Waals surface area contributed by atoms with Crippen LogP contribution in [0, 0.1) is 10.1 Å². The normalized spacial score (nSPS) is 12.0. The summed E-state index contributed by atoms with van der Waals surface area (Å²) in [5.74, 6) is 1.21. The first-order valence-corrected chi connectivity index (χ1v) is 9.57. The van der Waals surface area contributed by atoms with E-state index in [1.54, 1.807) is 12.1 Å². The Bertz CT molecular complexity index is 1110. The van der Waals surface area contributed by atoms with Crippen LogP contribution >= 0.6 is 11.8 Å². The Balaban J connectivity index is 1.42. The van der Waals surface area contributed by atoms with E-state index in [1.165, 1.54) is 23.9 Å². The number of benzene rings is 2. The largest absolute Gasteiger partial charge is 0.419 e. The Morgan fingerprint density at radius 3 is 2.48 bits per heavy atom. The highest BCUT2D eigenvalue weighted by atomic mass is 32.2. The Morgan fingerprint density at radius 2 is 1.76 bits per heavy atom. The van der Waals surface area contributed by atoms with Crippen molar-refractivity contribution >= 4 is 17.4 Å². The molecule has 0 radical (unpaired) electrons. The number of thioether (sulfide) groups is 1. The smallest absolute Gasteiger partial charge is 0.277 e. The minimum atomic E-state index is -0.460. The fourth-order valence-corrected chi connectivity index (χ4v) is 3.30. The first-order chi connectivity index (χ1) is 14.1. The van der Waals surface area contributed by atoms with Crippen molar-refractivity contribution in [1.29, 1.82) is 0 Å². The molecule has 10 heteroatoms. The van der Waals surface area contributed by atoms with Crippen molar-refractivity contribution < 1.29 is 13.8 Å². The summed E-state index contributed by atoms with van der Waals surface area (Å²) in [6.45, 7) is 1.89. The average Bonchev–Trinajstić information content (AvgIpc) is 3.39. The van der Waals surface area contributed by atoms with E-state index in [1.807, 2.05) is 37.3 Å². The number of hydrogen-bond donors (Lipinski definition) is 0. The van der Waals surface area contributed by atoms with Crippen molar-refractivity contribution in [3.05, 3.63) is 82.1 Å². The maximum absolute atomic E-state index is 10.8. The number of nitro benzene ring substituents is 1. The molecule has 0 aliphatic heterocycles. The zero-order chi connectivity index (χ0) is 20.2. The van der Waals surface area contributed by atoms with Gasteiger partial charge in [0.2, 0.25) is 17.7 Å². The molecule has 0 saturated carbocycles. The minimum Gasteiger partial charge on any atom is -0.419 e. The van der Waals surface area contributed by atoms with Crippen LogP contribution < -0.4 is 0 Å². The van der Waals surface area contributed by atoms with E-state index in [4.69, 9.17) is 8.83 Å². The van der Waals surface area contributed by atoms with Crippen LogP contribution in [-0.4, -0.2) is 25.3 Å². The molecule has 0 amide bonds. The third-order valence-electron chi connectivity index (χ3n) is 4.04. The van der Waals surface area contributed by atoms with Gasteiger partial charge in [-0.15, -0.1) is 20.4 Å². The van der Waals surface area contributed by atoms with Crippen molar-refractivity contribution in [3.8, 4) is 11.5 Å². The number of aromatic nitrogens is 4. The van der Waals surface area contributed by atoms with E-state index >= 15 is 0 Å². The molecule has 1 atom stereocenters. The Hall–Kier alpha value is -3.53. The predicted molar refractivity (Wildman–Crippen MR) is 104 cm³/mol. The van der Waals surface area contributed by atoms with Crippen LogP contribution in [-0.2, 0) is 6.42 Å². The predicted octanol–water partition coefficient (Wildman–Crippen LogP) is 4.47. The van der Waals surface area contributed by atoms with Crippen LogP contribution in [0.25, 0.3) is 11.5 Å². The zero-order valence-corrected chi connectivity index (χ0v) is 16.1. The third kappa shape index (κ3) is 4.49. The van der Waals surface area contributed by atoms with Gasteiger partial charge in [0.25, 0.3) is 10.9 Å². The van der Waals surface area contributed by atoms with Gasteiger partial charge in [-0.1, -0.05) is 42.1 Å². The molecule has 146 valence electrons. The van der Waals surface area contributed by atoms with E-state index in [2.05, 4.69) is 20.4 Å². The molecule has 9 nitrogen and oxygen atoms in total. The summed E-state index contributed by atoms with van der Waals surface area (Å²) in [4.78, 5) is 10.3. The van der Waals surface area contributed by atoms with Crippen LogP contribution in [0.1, 0.15) is 29.5 Å². The molecule has 2 aromatic carbocycles. The minimum absolute atomic E-state index is 0.000105. The molecule has 0 spiro atoms. The lowest BCUT2D eigenvalue weighted by atomic mass is 10.2. The molecule has 4 rings (SSSR count). The number of nitro groups is 1. The molecular formula is C19H15N5O4S. The van der Waals surface area contributed by atoms with Gasteiger partial charge in [0.05, 0.1) is 16.6 Å². The monoisotopic (exact) mass is 409 g/mol. The zero-order valence-electron chi connectivity index (χ0n) is 15.3. The topological polar surface area (TPSA) is 121 Å². The first kappa shape index (κ1) is 18.8. The summed E-state index contributed by atoms with van der Waals surface area (Å²) in [5, 5.41) is 27.2. The molecule has 0 N–H and O–H groups in total. The van der Waals surface area contributed by atoms with Crippen molar-refractivity contribution in [2.45, 2.75) is 23.8 Å². The third-order valence-corrected chi connectivity index (χ3v) is 4.96. The second kappa shape index (κ2) is 8.23. The number of hydrogen-bond acceptors (Lipinski definition) is 9. The number of nitrogens with zero attached hydrogens (tertiary/aromatic N) is 5. The maximum atomic E-state index is 10.8. The van der Waals surface area contributed by atoms with Crippen LogP contribution in [0.3, 0.4) is 0 Å². The summed E-state index contributed by atoms with van der Waals surface area (Å²) in [5.41, 5.74) is 1.69. The van der Waals surface area contributed by atoms with Crippen molar-refractivity contribution in [3.63, 3.8) is 0 Å². The lowest BCUT2D eigenvalue weighted by Crippen LogP contribution is -1.88. The molecule has 4 aromatic rings. The highest BCUT2D eigenvalue weighted by Gasteiger charge is 2.20. The number of non-ortho nitro benzene ring substituents is 1. The Morgan fingerprint density at radius 1 is 1.00 bits per heavy atom. The Kier molecular flexibility index (Phi) is 5.34. The van der Waals surface area contributed by atoms with E-state index in [9.17, 15) is 10.1 Å². The fourth-order valence-electron chi connectivity index (χ4n) is 2.57. The summed E-state index contributed by atoms with van der Waals surface area (Å²) in [6, 6.07) is 15.8. The fraction of sp³-hybridized carbons (Fsp3) is 0.158. The van der Waals surface area contributed by atoms with Gasteiger partial charge in [0.1, 0.15) is 0 Å². The first-order valence-electron chi connectivity index (χ1n) is 8.69. The SMILES string of the molecule is C[C@@H](Sc1nnc(Cc2ccccc2)o1)c1nnc(-c2ccc([N+](=O)[O-])cc2)o1. The van der Waals surface area contributed by atoms with Gasteiger partial charge in [-0.2, -0.15) is 0 Å². The second-order valence-electron chi connectivity index (χ2n) is 6.13. The van der Waals surface area contributed by atoms with Gasteiger partial charge >= 0.3 is 0 Å². The molecule has 0 unspecified atom stereocenters. The maximum Gasteiger partial charge on any atom is 0.277 e. The molecule has 0 fully saturated rings.